The Morgan fingerprint density at radius 2 is 1.50 bits per heavy atom. The summed E-state index contributed by atoms with van der Waals surface area (Å²) in [4.78, 5) is 18.7. The number of nitrogens with zero attached hydrogens (tertiary/aromatic N) is 3. The number of carbonyl (C=O) groups is 1. The zero-order valence-electron chi connectivity index (χ0n) is 21.5. The molecule has 2 aliphatic heterocycles. The molecule has 200 valence electrons. The number of halogens is 1. The maximum atomic E-state index is 12.3. The number of allylic oxidation sites excluding steroid dienone is 1. The molecule has 0 saturated carbocycles. The highest BCUT2D eigenvalue weighted by molar-refractivity contribution is 8.16. The fourth-order valence-corrected chi connectivity index (χ4v) is 6.71. The quantitative estimate of drug-likeness (QED) is 0.217. The lowest BCUT2D eigenvalue weighted by atomic mass is 10.1. The Labute approximate surface area is 234 Å². The zero-order valence-corrected chi connectivity index (χ0v) is 23.2. The first-order valence-corrected chi connectivity index (χ1v) is 14.2. The molecule has 0 aromatic heterocycles. The zero-order chi connectivity index (χ0) is 25.5. The largest absolute Gasteiger partial charge is 0.398 e. The van der Waals surface area contributed by atoms with Crippen molar-refractivity contribution < 1.29 is 4.79 Å². The maximum Gasteiger partial charge on any atom is 0.253 e. The third kappa shape index (κ3) is 6.59. The molecule has 5 rings (SSSR count). The van der Waals surface area contributed by atoms with Gasteiger partial charge in [0.15, 0.2) is 0 Å². The van der Waals surface area contributed by atoms with E-state index >= 15 is 0 Å². The van der Waals surface area contributed by atoms with Crippen LogP contribution in [0.3, 0.4) is 0 Å². The van der Waals surface area contributed by atoms with Crippen LogP contribution >= 0.6 is 23.1 Å². The van der Waals surface area contributed by atoms with E-state index in [9.17, 15) is 4.79 Å². The lowest BCUT2D eigenvalue weighted by molar-refractivity contribution is 0.0953. The molecule has 0 aliphatic carbocycles. The van der Waals surface area contributed by atoms with E-state index in [0.29, 0.717) is 17.8 Å². The number of carbonyl (C=O) groups excluding carboxylic acids is 1. The Morgan fingerprint density at radius 1 is 0.842 bits per heavy atom. The Morgan fingerprint density at radius 3 is 2.21 bits per heavy atom. The molecule has 0 spiro atoms. The lowest BCUT2D eigenvalue weighted by Crippen LogP contribution is -2.48. The summed E-state index contributed by atoms with van der Waals surface area (Å²) in [5.74, 6) is 1.20. The van der Waals surface area contributed by atoms with Gasteiger partial charge >= 0.3 is 0 Å². The molecule has 8 heteroatoms. The summed E-state index contributed by atoms with van der Waals surface area (Å²) in [6.45, 7) is 5.85. The van der Waals surface area contributed by atoms with Gasteiger partial charge in [-0.15, -0.1) is 12.4 Å². The fourth-order valence-electron chi connectivity index (χ4n) is 4.80. The van der Waals surface area contributed by atoms with Crippen molar-refractivity contribution in [3.63, 3.8) is 0 Å². The van der Waals surface area contributed by atoms with Gasteiger partial charge < -0.3 is 16.0 Å². The number of nitrogens with one attached hydrogen (secondary N) is 1. The van der Waals surface area contributed by atoms with E-state index in [4.69, 9.17) is 5.73 Å². The average Bonchev–Trinajstić information content (AvgIpc) is 3.40. The van der Waals surface area contributed by atoms with Crippen molar-refractivity contribution in [2.24, 2.45) is 0 Å². The van der Waals surface area contributed by atoms with Crippen LogP contribution in [0.25, 0.3) is 0 Å². The minimum atomic E-state index is -0.128. The number of nitrogens with two attached hydrogens (primary N) is 1. The SMILES string of the molecule is Cl.Nc1ccccc1C(=O)NCCCCN1CCN(C2=CC=S(c3ccccc3)N2c2ccccc2)CC1. The molecule has 6 nitrogen and oxygen atoms in total. The van der Waals surface area contributed by atoms with Gasteiger partial charge in [0.05, 0.1) is 11.3 Å². The maximum absolute atomic E-state index is 12.3. The summed E-state index contributed by atoms with van der Waals surface area (Å²) in [5, 5.41) is 5.35. The van der Waals surface area contributed by atoms with E-state index in [2.05, 4.69) is 91.5 Å². The van der Waals surface area contributed by atoms with Crippen molar-refractivity contribution in [1.82, 2.24) is 15.1 Å². The molecule has 3 N–H and O–H groups in total. The normalized spacial score (nSPS) is 17.4. The van der Waals surface area contributed by atoms with Crippen LogP contribution in [0, 0.1) is 0 Å². The van der Waals surface area contributed by atoms with Crippen molar-refractivity contribution in [3.05, 3.63) is 102 Å². The molecule has 3 aromatic rings. The van der Waals surface area contributed by atoms with Crippen molar-refractivity contribution >= 4 is 45.7 Å². The van der Waals surface area contributed by atoms with Gasteiger partial charge in [0.2, 0.25) is 0 Å². The fraction of sp³-hybridized carbons (Fsp3) is 0.267. The van der Waals surface area contributed by atoms with Crippen LogP contribution in [-0.4, -0.2) is 60.3 Å². The highest BCUT2D eigenvalue weighted by Gasteiger charge is 2.28. The number of nitrogen functional groups attached to an aromatic ring is 1. The van der Waals surface area contributed by atoms with Gasteiger partial charge in [-0.25, -0.2) is 0 Å². The van der Waals surface area contributed by atoms with Gasteiger partial charge in [-0.3, -0.25) is 14.0 Å². The second-order valence-electron chi connectivity index (χ2n) is 9.30. The van der Waals surface area contributed by atoms with Crippen molar-refractivity contribution in [1.29, 1.82) is 0 Å². The molecule has 1 atom stereocenters. The molecule has 0 bridgehead atoms. The van der Waals surface area contributed by atoms with E-state index in [1.165, 1.54) is 16.4 Å². The van der Waals surface area contributed by atoms with Gasteiger partial charge in [0.1, 0.15) is 5.82 Å². The summed E-state index contributed by atoms with van der Waals surface area (Å²) >= 11 is 0. The molecule has 2 aliphatic rings. The molecular formula is C30H36ClN5OS. The van der Waals surface area contributed by atoms with Crippen LogP contribution < -0.4 is 15.4 Å². The van der Waals surface area contributed by atoms with Crippen LogP contribution in [0.4, 0.5) is 11.4 Å². The van der Waals surface area contributed by atoms with Gasteiger partial charge in [-0.05, 0) is 67.2 Å². The second kappa shape index (κ2) is 13.5. The van der Waals surface area contributed by atoms with Crippen LogP contribution in [0.1, 0.15) is 23.2 Å². The van der Waals surface area contributed by atoms with Crippen LogP contribution in [0.5, 0.6) is 0 Å². The predicted molar refractivity (Wildman–Crippen MR) is 163 cm³/mol. The smallest absolute Gasteiger partial charge is 0.253 e. The second-order valence-corrected chi connectivity index (χ2v) is 11.0. The molecule has 0 radical (unpaired) electrons. The molecule has 1 amide bonds. The highest BCUT2D eigenvalue weighted by atomic mass is 35.5. The van der Waals surface area contributed by atoms with Gasteiger partial charge in [-0.2, -0.15) is 0 Å². The number of amides is 1. The Hall–Kier alpha value is -3.26. The van der Waals surface area contributed by atoms with Crippen LogP contribution in [0.15, 0.2) is 102 Å². The third-order valence-electron chi connectivity index (χ3n) is 6.81. The number of para-hydroxylation sites is 2. The van der Waals surface area contributed by atoms with Crippen molar-refractivity contribution in [2.75, 3.05) is 49.3 Å². The minimum Gasteiger partial charge on any atom is -0.398 e. The highest BCUT2D eigenvalue weighted by Crippen LogP contribution is 2.42. The van der Waals surface area contributed by atoms with E-state index < -0.39 is 0 Å². The number of anilines is 2. The first-order chi connectivity index (χ1) is 18.2. The predicted octanol–water partition coefficient (Wildman–Crippen LogP) is 5.23. The number of benzene rings is 3. The number of hydrogen-bond acceptors (Lipinski definition) is 5. The first kappa shape index (κ1) is 27.8. The van der Waals surface area contributed by atoms with Gasteiger partial charge in [-0.1, -0.05) is 59.2 Å². The summed E-state index contributed by atoms with van der Waals surface area (Å²) in [6, 6.07) is 28.7. The topological polar surface area (TPSA) is 64.8 Å². The summed E-state index contributed by atoms with van der Waals surface area (Å²) in [7, 11) is -0.128. The third-order valence-corrected chi connectivity index (χ3v) is 8.75. The minimum absolute atomic E-state index is 0. The Kier molecular flexibility index (Phi) is 9.87. The summed E-state index contributed by atoms with van der Waals surface area (Å²) < 4.78 is 2.49. The molecule has 3 aromatic carbocycles. The average molecular weight is 550 g/mol. The molecule has 1 unspecified atom stereocenters. The monoisotopic (exact) mass is 549 g/mol. The number of hydrogen-bond donors (Lipinski definition) is 2. The number of rotatable bonds is 9. The summed E-state index contributed by atoms with van der Waals surface area (Å²) in [5.41, 5.74) is 8.21. The van der Waals surface area contributed by atoms with E-state index in [1.807, 2.05) is 12.1 Å². The van der Waals surface area contributed by atoms with Crippen LogP contribution in [0.2, 0.25) is 0 Å². The molecule has 2 heterocycles. The molecular weight excluding hydrogens is 514 g/mol. The van der Waals surface area contributed by atoms with E-state index in [0.717, 1.165) is 45.6 Å². The first-order valence-electron chi connectivity index (χ1n) is 13.0. The summed E-state index contributed by atoms with van der Waals surface area (Å²) in [6.07, 6.45) is 4.33. The Bertz CT molecular complexity index is 1260. The van der Waals surface area contributed by atoms with E-state index in [-0.39, 0.29) is 29.0 Å². The van der Waals surface area contributed by atoms with Crippen molar-refractivity contribution in [2.45, 2.75) is 17.7 Å². The standard InChI is InChI=1S/C30H35N5OS.ClH/c31-28-16-8-7-15-27(28)30(36)32-18-9-10-19-33-20-22-34(23-21-33)29-17-24-37(26-13-5-2-6-14-26)35(29)25-11-3-1-4-12-25;/h1-8,11-17,24H,9-10,18-23,31H2,(H,32,36);1H. The van der Waals surface area contributed by atoms with Crippen molar-refractivity contribution in [3.8, 4) is 0 Å². The number of piperazine rings is 1. The Balaban J connectivity index is 0.00000336. The van der Waals surface area contributed by atoms with Gasteiger partial charge in [0, 0.05) is 43.3 Å². The molecule has 1 saturated heterocycles. The van der Waals surface area contributed by atoms with E-state index in [1.54, 1.807) is 12.1 Å². The number of unbranched alkanes of at least 4 members (excludes halogenated alkanes) is 1. The molecule has 1 fully saturated rings. The lowest BCUT2D eigenvalue weighted by Gasteiger charge is -2.40. The molecule has 38 heavy (non-hydrogen) atoms. The van der Waals surface area contributed by atoms with Crippen LogP contribution in [-0.2, 0) is 0 Å². The van der Waals surface area contributed by atoms with Gasteiger partial charge in [0.25, 0.3) is 5.91 Å².